The number of aromatic nitrogens is 1. The van der Waals surface area contributed by atoms with Crippen LogP contribution in [0.1, 0.15) is 18.7 Å². The largest absolute Gasteiger partial charge is 0.380 e. The summed E-state index contributed by atoms with van der Waals surface area (Å²) in [6, 6.07) is 6.83. The van der Waals surface area contributed by atoms with Gasteiger partial charge in [-0.2, -0.15) is 0 Å². The first-order valence-corrected chi connectivity index (χ1v) is 8.81. The average molecular weight is 331 g/mol. The lowest BCUT2D eigenvalue weighted by molar-refractivity contribution is 0.587. The van der Waals surface area contributed by atoms with E-state index in [1.807, 2.05) is 6.07 Å². The van der Waals surface area contributed by atoms with Crippen LogP contribution in [0.25, 0.3) is 0 Å². The van der Waals surface area contributed by atoms with Gasteiger partial charge in [0.15, 0.2) is 14.3 Å². The van der Waals surface area contributed by atoms with Crippen LogP contribution >= 0.6 is 22.9 Å². The highest BCUT2D eigenvalue weighted by Crippen LogP contribution is 2.22. The van der Waals surface area contributed by atoms with Crippen molar-refractivity contribution in [3.05, 3.63) is 39.8 Å². The second-order valence-electron chi connectivity index (χ2n) is 4.55. The Balaban J connectivity index is 2.14. The molecular formula is C13H15ClN2O2S2. The van der Waals surface area contributed by atoms with E-state index in [1.54, 1.807) is 38.2 Å². The maximum absolute atomic E-state index is 12.1. The van der Waals surface area contributed by atoms with E-state index in [0.717, 1.165) is 10.6 Å². The standard InChI is InChI=1S/C13H15ClN2O2S2/c1-9(2)20(17,18)12-5-3-4-10(6-12)15-7-11-8-16-13(14)19-11/h3-6,8-9,15H,7H2,1-2H3. The molecule has 0 fully saturated rings. The minimum absolute atomic E-state index is 0.333. The summed E-state index contributed by atoms with van der Waals surface area (Å²) < 4.78 is 24.7. The second-order valence-corrected chi connectivity index (χ2v) is 8.76. The van der Waals surface area contributed by atoms with E-state index in [0.29, 0.717) is 15.9 Å². The zero-order valence-corrected chi connectivity index (χ0v) is 13.5. The van der Waals surface area contributed by atoms with Gasteiger partial charge in [0.25, 0.3) is 0 Å². The van der Waals surface area contributed by atoms with Gasteiger partial charge in [-0.1, -0.05) is 17.7 Å². The quantitative estimate of drug-likeness (QED) is 0.910. The van der Waals surface area contributed by atoms with Crippen molar-refractivity contribution in [1.82, 2.24) is 4.98 Å². The smallest absolute Gasteiger partial charge is 0.183 e. The molecule has 0 atom stereocenters. The number of sulfone groups is 1. The molecule has 0 saturated heterocycles. The van der Waals surface area contributed by atoms with E-state index in [9.17, 15) is 8.42 Å². The predicted molar refractivity (Wildman–Crippen MR) is 83.2 cm³/mol. The molecule has 7 heteroatoms. The molecule has 1 heterocycles. The molecular weight excluding hydrogens is 316 g/mol. The van der Waals surface area contributed by atoms with E-state index in [-0.39, 0.29) is 0 Å². The number of nitrogens with one attached hydrogen (secondary N) is 1. The summed E-state index contributed by atoms with van der Waals surface area (Å²) in [6.07, 6.45) is 1.70. The highest BCUT2D eigenvalue weighted by Gasteiger charge is 2.19. The molecule has 1 N–H and O–H groups in total. The molecule has 0 unspecified atom stereocenters. The molecule has 2 rings (SSSR count). The SMILES string of the molecule is CC(C)S(=O)(=O)c1cccc(NCc2cnc(Cl)s2)c1. The van der Waals surface area contributed by atoms with E-state index in [2.05, 4.69) is 10.3 Å². The molecule has 0 aliphatic carbocycles. The molecule has 4 nitrogen and oxygen atoms in total. The van der Waals surface area contributed by atoms with Gasteiger partial charge in [-0.05, 0) is 32.0 Å². The number of hydrogen-bond donors (Lipinski definition) is 1. The molecule has 0 aliphatic heterocycles. The molecule has 0 saturated carbocycles. The van der Waals surface area contributed by atoms with Gasteiger partial charge in [-0.15, -0.1) is 11.3 Å². The van der Waals surface area contributed by atoms with Crippen LogP contribution < -0.4 is 5.32 Å². The molecule has 0 bridgehead atoms. The maximum atomic E-state index is 12.1. The van der Waals surface area contributed by atoms with Crippen LogP contribution in [0, 0.1) is 0 Å². The van der Waals surface area contributed by atoms with Crippen molar-refractivity contribution >= 4 is 38.5 Å². The van der Waals surface area contributed by atoms with Crippen molar-refractivity contribution < 1.29 is 8.42 Å². The zero-order valence-electron chi connectivity index (χ0n) is 11.1. The molecule has 0 amide bonds. The molecule has 0 aliphatic rings. The van der Waals surface area contributed by atoms with Gasteiger partial charge in [0, 0.05) is 16.8 Å². The van der Waals surface area contributed by atoms with Gasteiger partial charge in [0.1, 0.15) is 0 Å². The Labute approximate surface area is 127 Å². The summed E-state index contributed by atoms with van der Waals surface area (Å²) >= 11 is 7.16. The summed E-state index contributed by atoms with van der Waals surface area (Å²) in [5.41, 5.74) is 0.760. The Morgan fingerprint density at radius 3 is 2.75 bits per heavy atom. The van der Waals surface area contributed by atoms with Gasteiger partial charge < -0.3 is 5.32 Å². The van der Waals surface area contributed by atoms with Gasteiger partial charge in [0.2, 0.25) is 0 Å². The molecule has 108 valence electrons. The first kappa shape index (κ1) is 15.3. The van der Waals surface area contributed by atoms with E-state index in [4.69, 9.17) is 11.6 Å². The third kappa shape index (κ3) is 3.50. The Kier molecular flexibility index (Phi) is 4.67. The predicted octanol–water partition coefficient (Wildman–Crippen LogP) is 3.59. The first-order chi connectivity index (χ1) is 9.39. The fourth-order valence-electron chi connectivity index (χ4n) is 1.61. The molecule has 20 heavy (non-hydrogen) atoms. The molecule has 2 aromatic rings. The third-order valence-electron chi connectivity index (χ3n) is 2.78. The third-order valence-corrected chi connectivity index (χ3v) is 6.04. The minimum atomic E-state index is -3.25. The Morgan fingerprint density at radius 1 is 1.40 bits per heavy atom. The van der Waals surface area contributed by atoms with E-state index in [1.165, 1.54) is 11.3 Å². The highest BCUT2D eigenvalue weighted by atomic mass is 35.5. The van der Waals surface area contributed by atoms with Gasteiger partial charge >= 0.3 is 0 Å². The van der Waals surface area contributed by atoms with Crippen LogP contribution in [0.15, 0.2) is 35.4 Å². The summed E-state index contributed by atoms with van der Waals surface area (Å²) in [4.78, 5) is 5.28. The Bertz CT molecular complexity index is 696. The highest BCUT2D eigenvalue weighted by molar-refractivity contribution is 7.92. The van der Waals surface area contributed by atoms with E-state index < -0.39 is 15.1 Å². The lowest BCUT2D eigenvalue weighted by Crippen LogP contribution is -2.14. The van der Waals surface area contributed by atoms with Crippen molar-refractivity contribution in [3.63, 3.8) is 0 Å². The number of benzene rings is 1. The van der Waals surface area contributed by atoms with Crippen LogP contribution in [0.5, 0.6) is 0 Å². The number of halogens is 1. The number of anilines is 1. The van der Waals surface area contributed by atoms with Crippen molar-refractivity contribution in [2.24, 2.45) is 0 Å². The summed E-state index contributed by atoms with van der Waals surface area (Å²) in [5, 5.41) is 2.74. The number of nitrogens with zero attached hydrogens (tertiary/aromatic N) is 1. The average Bonchev–Trinajstić information content (AvgIpc) is 2.82. The van der Waals surface area contributed by atoms with Gasteiger partial charge in [0.05, 0.1) is 16.7 Å². The molecule has 1 aromatic carbocycles. The monoisotopic (exact) mass is 330 g/mol. The lowest BCUT2D eigenvalue weighted by Gasteiger charge is -2.10. The molecule has 0 spiro atoms. The minimum Gasteiger partial charge on any atom is -0.380 e. The van der Waals surface area contributed by atoms with Gasteiger partial charge in [-0.25, -0.2) is 13.4 Å². The lowest BCUT2D eigenvalue weighted by atomic mass is 10.3. The maximum Gasteiger partial charge on any atom is 0.183 e. The van der Waals surface area contributed by atoms with Crippen LogP contribution in [0.2, 0.25) is 4.47 Å². The summed E-state index contributed by atoms with van der Waals surface area (Å²) in [7, 11) is -3.25. The Morgan fingerprint density at radius 2 is 2.15 bits per heavy atom. The van der Waals surface area contributed by atoms with Crippen molar-refractivity contribution in [2.45, 2.75) is 30.5 Å². The number of hydrogen-bond acceptors (Lipinski definition) is 5. The fraction of sp³-hybridized carbons (Fsp3) is 0.308. The first-order valence-electron chi connectivity index (χ1n) is 6.07. The summed E-state index contributed by atoms with van der Waals surface area (Å²) in [5.74, 6) is 0. The fourth-order valence-corrected chi connectivity index (χ4v) is 3.63. The van der Waals surface area contributed by atoms with Crippen molar-refractivity contribution in [1.29, 1.82) is 0 Å². The second kappa shape index (κ2) is 6.11. The van der Waals surface area contributed by atoms with Crippen molar-refractivity contribution in [2.75, 3.05) is 5.32 Å². The van der Waals surface area contributed by atoms with Crippen LogP contribution in [0.4, 0.5) is 5.69 Å². The molecule has 1 aromatic heterocycles. The van der Waals surface area contributed by atoms with Gasteiger partial charge in [-0.3, -0.25) is 0 Å². The normalized spacial score (nSPS) is 11.8. The summed E-state index contributed by atoms with van der Waals surface area (Å²) in [6.45, 7) is 3.92. The zero-order chi connectivity index (χ0) is 14.8. The number of thiazole rings is 1. The van der Waals surface area contributed by atoms with Crippen LogP contribution in [-0.4, -0.2) is 18.7 Å². The topological polar surface area (TPSA) is 59.1 Å². The molecule has 0 radical (unpaired) electrons. The number of rotatable bonds is 5. The van der Waals surface area contributed by atoms with Crippen LogP contribution in [0.3, 0.4) is 0 Å². The van der Waals surface area contributed by atoms with Crippen LogP contribution in [-0.2, 0) is 16.4 Å². The van der Waals surface area contributed by atoms with Crippen molar-refractivity contribution in [3.8, 4) is 0 Å². The Hall–Kier alpha value is -1.11. The van der Waals surface area contributed by atoms with E-state index >= 15 is 0 Å².